The van der Waals surface area contributed by atoms with E-state index in [1.54, 1.807) is 13.8 Å². The minimum absolute atomic E-state index is 0.0153. The van der Waals surface area contributed by atoms with Crippen LogP contribution in [0.25, 0.3) is 17.0 Å². The Morgan fingerprint density at radius 1 is 1.38 bits per heavy atom. The molecule has 10 heteroatoms. The number of nitro benzene ring substituents is 1. The number of anilines is 1. The van der Waals surface area contributed by atoms with Gasteiger partial charge in [0.15, 0.2) is 0 Å². The number of non-ortho nitro benzene ring substituents is 1. The zero-order chi connectivity index (χ0) is 18.8. The number of nitrogens with one attached hydrogen (secondary N) is 1. The number of halogens is 1. The topological polar surface area (TPSA) is 112 Å². The Morgan fingerprint density at radius 2 is 2.15 bits per heavy atom. The molecule has 9 nitrogen and oxygen atoms in total. The molecule has 2 aromatic heterocycles. The van der Waals surface area contributed by atoms with Gasteiger partial charge in [-0.25, -0.2) is 19.2 Å². The molecule has 1 aromatic carbocycles. The zero-order valence-electron chi connectivity index (χ0n) is 13.8. The normalized spacial score (nSPS) is 10.9. The minimum Gasteiger partial charge on any atom is -0.447 e. The quantitative estimate of drug-likeness (QED) is 0.564. The molecule has 3 rings (SSSR count). The molecular formula is C16H14FN5O4. The van der Waals surface area contributed by atoms with Crippen LogP contribution >= 0.6 is 0 Å². The zero-order valence-corrected chi connectivity index (χ0v) is 13.8. The standard InChI is InChI=1S/C16H14FN5O4/c1-9(2)26-16(23)19-10-6-18-15-20-14(8-21(15)7-10)12-5-11(22(24)25)3-4-13(12)17/h3-9H,1-2H3,(H,19,23). The summed E-state index contributed by atoms with van der Waals surface area (Å²) in [6, 6.07) is 3.20. The van der Waals surface area contributed by atoms with Crippen LogP contribution < -0.4 is 5.32 Å². The van der Waals surface area contributed by atoms with Crippen molar-refractivity contribution >= 4 is 23.2 Å². The molecule has 26 heavy (non-hydrogen) atoms. The summed E-state index contributed by atoms with van der Waals surface area (Å²) < 4.78 is 20.5. The fourth-order valence-corrected chi connectivity index (χ4v) is 2.26. The van der Waals surface area contributed by atoms with E-state index in [1.165, 1.54) is 23.0 Å². The number of carbonyl (C=O) groups is 1. The lowest BCUT2D eigenvalue weighted by Crippen LogP contribution is -2.18. The molecule has 0 bridgehead atoms. The molecule has 0 aliphatic carbocycles. The summed E-state index contributed by atoms with van der Waals surface area (Å²) in [6.07, 6.45) is 3.45. The third kappa shape index (κ3) is 3.58. The molecule has 134 valence electrons. The highest BCUT2D eigenvalue weighted by molar-refractivity contribution is 5.84. The van der Waals surface area contributed by atoms with E-state index in [-0.39, 0.29) is 28.8 Å². The van der Waals surface area contributed by atoms with Crippen LogP contribution in [-0.4, -0.2) is 31.5 Å². The number of benzene rings is 1. The minimum atomic E-state index is -0.641. The first-order valence-corrected chi connectivity index (χ1v) is 7.60. The maximum Gasteiger partial charge on any atom is 0.411 e. The fraction of sp³-hybridized carbons (Fsp3) is 0.188. The van der Waals surface area contributed by atoms with E-state index in [2.05, 4.69) is 15.3 Å². The van der Waals surface area contributed by atoms with Gasteiger partial charge in [0.25, 0.3) is 5.69 Å². The molecule has 3 aromatic rings. The number of imidazole rings is 1. The number of ether oxygens (including phenoxy) is 1. The lowest BCUT2D eigenvalue weighted by Gasteiger charge is -2.09. The Bertz CT molecular complexity index is 1000. The second-order valence-electron chi connectivity index (χ2n) is 5.68. The van der Waals surface area contributed by atoms with Crippen molar-refractivity contribution in [2.24, 2.45) is 0 Å². The second kappa shape index (κ2) is 6.75. The summed E-state index contributed by atoms with van der Waals surface area (Å²) in [5, 5.41) is 13.4. The molecule has 0 aliphatic heterocycles. The number of hydrogen-bond acceptors (Lipinski definition) is 6. The van der Waals surface area contributed by atoms with E-state index in [1.807, 2.05) is 0 Å². The van der Waals surface area contributed by atoms with Crippen LogP contribution in [0.15, 0.2) is 36.8 Å². The monoisotopic (exact) mass is 359 g/mol. The average Bonchev–Trinajstić information content (AvgIpc) is 2.97. The van der Waals surface area contributed by atoms with Gasteiger partial charge < -0.3 is 4.74 Å². The van der Waals surface area contributed by atoms with E-state index >= 15 is 0 Å². The summed E-state index contributed by atoms with van der Waals surface area (Å²) in [5.74, 6) is -0.397. The molecule has 2 heterocycles. The van der Waals surface area contributed by atoms with Crippen LogP contribution in [0.3, 0.4) is 0 Å². The molecule has 1 amide bonds. The number of rotatable bonds is 4. The summed E-state index contributed by atoms with van der Waals surface area (Å²) in [4.78, 5) is 30.1. The third-order valence-electron chi connectivity index (χ3n) is 3.34. The van der Waals surface area contributed by atoms with Crippen molar-refractivity contribution in [3.05, 3.63) is 52.7 Å². The number of nitro groups is 1. The first-order chi connectivity index (χ1) is 12.3. The summed E-state index contributed by atoms with van der Waals surface area (Å²) >= 11 is 0. The van der Waals surface area contributed by atoms with Crippen molar-refractivity contribution < 1.29 is 18.8 Å². The molecule has 0 spiro atoms. The van der Waals surface area contributed by atoms with Crippen LogP contribution in [0.2, 0.25) is 0 Å². The van der Waals surface area contributed by atoms with Crippen molar-refractivity contribution in [1.82, 2.24) is 14.4 Å². The first kappa shape index (κ1) is 17.3. The van der Waals surface area contributed by atoms with Crippen molar-refractivity contribution in [2.75, 3.05) is 5.32 Å². The van der Waals surface area contributed by atoms with Crippen molar-refractivity contribution in [2.45, 2.75) is 20.0 Å². The fourth-order valence-electron chi connectivity index (χ4n) is 2.26. The third-order valence-corrected chi connectivity index (χ3v) is 3.34. The second-order valence-corrected chi connectivity index (χ2v) is 5.68. The van der Waals surface area contributed by atoms with Crippen molar-refractivity contribution in [1.29, 1.82) is 0 Å². The molecule has 0 unspecified atom stereocenters. The lowest BCUT2D eigenvalue weighted by molar-refractivity contribution is -0.384. The van der Waals surface area contributed by atoms with Gasteiger partial charge >= 0.3 is 6.09 Å². The Hall–Kier alpha value is -3.56. The highest BCUT2D eigenvalue weighted by Crippen LogP contribution is 2.26. The van der Waals surface area contributed by atoms with Crippen LogP contribution in [0.4, 0.5) is 20.6 Å². The van der Waals surface area contributed by atoms with Crippen LogP contribution in [0, 0.1) is 15.9 Å². The van der Waals surface area contributed by atoms with Gasteiger partial charge in [-0.15, -0.1) is 0 Å². The summed E-state index contributed by atoms with van der Waals surface area (Å²) in [6.45, 7) is 3.44. The van der Waals surface area contributed by atoms with Gasteiger partial charge in [0.2, 0.25) is 5.78 Å². The Balaban J connectivity index is 1.94. The number of aromatic nitrogens is 3. The largest absolute Gasteiger partial charge is 0.447 e. The van der Waals surface area contributed by atoms with E-state index in [4.69, 9.17) is 4.74 Å². The van der Waals surface area contributed by atoms with Gasteiger partial charge in [-0.05, 0) is 19.9 Å². The number of hydrogen-bond donors (Lipinski definition) is 1. The Morgan fingerprint density at radius 3 is 2.85 bits per heavy atom. The Kier molecular flexibility index (Phi) is 4.48. The van der Waals surface area contributed by atoms with Crippen molar-refractivity contribution in [3.8, 4) is 11.3 Å². The highest BCUT2D eigenvalue weighted by atomic mass is 19.1. The number of carbonyl (C=O) groups excluding carboxylic acids is 1. The van der Waals surface area contributed by atoms with Gasteiger partial charge in [-0.2, -0.15) is 0 Å². The predicted molar refractivity (Wildman–Crippen MR) is 90.3 cm³/mol. The van der Waals surface area contributed by atoms with E-state index in [9.17, 15) is 19.3 Å². The molecule has 0 radical (unpaired) electrons. The van der Waals surface area contributed by atoms with E-state index in [0.29, 0.717) is 5.69 Å². The molecule has 0 aliphatic rings. The first-order valence-electron chi connectivity index (χ1n) is 7.60. The predicted octanol–water partition coefficient (Wildman–Crippen LogP) is 3.40. The van der Waals surface area contributed by atoms with Gasteiger partial charge in [-0.3, -0.25) is 19.8 Å². The molecule has 0 saturated carbocycles. The van der Waals surface area contributed by atoms with Gasteiger partial charge in [0.1, 0.15) is 5.82 Å². The van der Waals surface area contributed by atoms with Crippen LogP contribution in [0.5, 0.6) is 0 Å². The molecular weight excluding hydrogens is 345 g/mol. The average molecular weight is 359 g/mol. The molecule has 1 N–H and O–H groups in total. The van der Waals surface area contributed by atoms with Gasteiger partial charge in [0, 0.05) is 30.1 Å². The van der Waals surface area contributed by atoms with Crippen LogP contribution in [-0.2, 0) is 4.74 Å². The number of fused-ring (bicyclic) bond motifs is 1. The maximum atomic E-state index is 14.1. The van der Waals surface area contributed by atoms with Gasteiger partial charge in [-0.1, -0.05) is 0 Å². The number of nitrogens with zero attached hydrogens (tertiary/aromatic N) is 4. The highest BCUT2D eigenvalue weighted by Gasteiger charge is 2.16. The van der Waals surface area contributed by atoms with Crippen LogP contribution in [0.1, 0.15) is 13.8 Å². The van der Waals surface area contributed by atoms with E-state index < -0.39 is 16.8 Å². The molecule has 0 fully saturated rings. The van der Waals surface area contributed by atoms with Crippen molar-refractivity contribution in [3.63, 3.8) is 0 Å². The van der Waals surface area contributed by atoms with E-state index in [0.717, 1.165) is 18.2 Å². The van der Waals surface area contributed by atoms with Gasteiger partial charge in [0.05, 0.1) is 28.6 Å². The Labute approximate surface area is 146 Å². The maximum absolute atomic E-state index is 14.1. The smallest absolute Gasteiger partial charge is 0.411 e. The SMILES string of the molecule is CC(C)OC(=O)Nc1cnc2nc(-c3cc([N+](=O)[O-])ccc3F)cn2c1. The number of amides is 1. The summed E-state index contributed by atoms with van der Waals surface area (Å²) in [7, 11) is 0. The molecule has 0 atom stereocenters. The lowest BCUT2D eigenvalue weighted by atomic mass is 10.1. The summed E-state index contributed by atoms with van der Waals surface area (Å²) in [5.41, 5.74) is 0.274. The molecule has 0 saturated heterocycles.